The fraction of sp³-hybridized carbons (Fsp3) is 0.476. The third-order valence-corrected chi connectivity index (χ3v) is 9.60. The van der Waals surface area contributed by atoms with Gasteiger partial charge in [-0.2, -0.15) is 0 Å². The Morgan fingerprint density at radius 2 is 2.18 bits per heavy atom. The summed E-state index contributed by atoms with van der Waals surface area (Å²) in [7, 11) is 3.53. The summed E-state index contributed by atoms with van der Waals surface area (Å²) in [6.45, 7) is 1.89. The van der Waals surface area contributed by atoms with E-state index < -0.39 is 34.6 Å². The molecule has 204 valence electrons. The standard InChI is InChI=1S/C21H27N9O5S3/c1-4-35-28-13(10-6-36-19(23)25-10)15(31)27-14-16(32)30-7-21(18(33)34,8-37-17(14)30)9-38-20-26-11(22)5-12(24-2)29(20)3/h5-6,14,17H,4,7-9H2,1-3H3,(H6,22,23,24,25,27,31,33,34)/t14?,17-,21?/m1/s1. The molecule has 4 heterocycles. The van der Waals surface area contributed by atoms with Crippen molar-refractivity contribution in [2.24, 2.45) is 17.6 Å². The van der Waals surface area contributed by atoms with Crippen LogP contribution >= 0.6 is 34.9 Å². The Balaban J connectivity index is 1.45. The zero-order valence-electron chi connectivity index (χ0n) is 20.8. The number of nitrogens with one attached hydrogen (secondary N) is 2. The van der Waals surface area contributed by atoms with Gasteiger partial charge in [0.15, 0.2) is 10.8 Å². The lowest BCUT2D eigenvalue weighted by atomic mass is 9.89. The zero-order chi connectivity index (χ0) is 27.6. The van der Waals surface area contributed by atoms with Gasteiger partial charge < -0.3 is 41.7 Å². The van der Waals surface area contributed by atoms with E-state index in [2.05, 4.69) is 25.8 Å². The number of amides is 2. The number of hydrogen-bond acceptors (Lipinski definition) is 14. The molecule has 2 amide bonds. The molecule has 2 unspecified atom stereocenters. The highest BCUT2D eigenvalue weighted by atomic mass is 32.2. The van der Waals surface area contributed by atoms with E-state index in [1.54, 1.807) is 37.0 Å². The van der Waals surface area contributed by atoms with Crippen LogP contribution in [-0.2, 0) is 26.3 Å². The maximum atomic E-state index is 13.0. The summed E-state index contributed by atoms with van der Waals surface area (Å²) in [4.78, 5) is 53.2. The molecule has 2 aliphatic heterocycles. The minimum atomic E-state index is -1.32. The molecule has 3 atom stereocenters. The van der Waals surface area contributed by atoms with Crippen LogP contribution in [0.2, 0.25) is 0 Å². The number of thiazole rings is 1. The Labute approximate surface area is 230 Å². The van der Waals surface area contributed by atoms with E-state index in [0.717, 1.165) is 11.3 Å². The number of β-lactam (4-membered cyclic amide) rings is 1. The van der Waals surface area contributed by atoms with Crippen LogP contribution in [0, 0.1) is 5.41 Å². The number of rotatable bonds is 10. The predicted molar refractivity (Wildman–Crippen MR) is 142 cm³/mol. The van der Waals surface area contributed by atoms with Crippen molar-refractivity contribution in [3.63, 3.8) is 0 Å². The van der Waals surface area contributed by atoms with Crippen LogP contribution < -0.4 is 31.8 Å². The number of carboxylic acids is 1. The van der Waals surface area contributed by atoms with E-state index in [4.69, 9.17) is 16.3 Å². The second kappa shape index (κ2) is 11.2. The third kappa shape index (κ3) is 5.30. The van der Waals surface area contributed by atoms with Crippen molar-refractivity contribution in [3.8, 4) is 0 Å². The summed E-state index contributed by atoms with van der Waals surface area (Å²) in [6.07, 6.45) is 0. The molecule has 6 N–H and O–H groups in total. The van der Waals surface area contributed by atoms with Gasteiger partial charge in [-0.15, -0.1) is 23.1 Å². The maximum absolute atomic E-state index is 13.0. The molecule has 0 aromatic carbocycles. The molecule has 2 aromatic heterocycles. The van der Waals surface area contributed by atoms with Crippen LogP contribution in [0.25, 0.3) is 0 Å². The Hall–Kier alpha value is -3.31. The molecule has 4 rings (SSSR count). The van der Waals surface area contributed by atoms with E-state index >= 15 is 0 Å². The molecule has 17 heteroatoms. The molecule has 38 heavy (non-hydrogen) atoms. The Kier molecular flexibility index (Phi) is 8.17. The van der Waals surface area contributed by atoms with Crippen LogP contribution in [-0.4, -0.2) is 81.5 Å². The largest absolute Gasteiger partial charge is 0.549 e. The number of oxime groups is 1. The molecule has 0 saturated carbocycles. The first-order valence-electron chi connectivity index (χ1n) is 11.4. The predicted octanol–water partition coefficient (Wildman–Crippen LogP) is -1.76. The minimum absolute atomic E-state index is 0.0569. The lowest BCUT2D eigenvalue weighted by Gasteiger charge is -2.55. The maximum Gasteiger partial charge on any atom is 0.300 e. The van der Waals surface area contributed by atoms with Gasteiger partial charge in [0.2, 0.25) is 17.5 Å². The molecule has 0 radical (unpaired) electrons. The molecule has 2 aliphatic rings. The van der Waals surface area contributed by atoms with Gasteiger partial charge in [-0.05, 0) is 6.92 Å². The highest BCUT2D eigenvalue weighted by Gasteiger charge is 2.56. The number of anilines is 3. The summed E-state index contributed by atoms with van der Waals surface area (Å²) < 4.78 is 1.76. The molecular weight excluding hydrogens is 554 g/mol. The second-order valence-electron chi connectivity index (χ2n) is 8.56. The Bertz CT molecular complexity index is 1290. The normalized spacial score (nSPS) is 22.9. The first-order valence-corrected chi connectivity index (χ1v) is 14.3. The summed E-state index contributed by atoms with van der Waals surface area (Å²) in [6, 6.07) is 0.815. The summed E-state index contributed by atoms with van der Waals surface area (Å²) in [5.41, 5.74) is 10.4. The number of nitrogens with two attached hydrogens (primary N) is 2. The highest BCUT2D eigenvalue weighted by Crippen LogP contribution is 2.43. The van der Waals surface area contributed by atoms with Crippen LogP contribution in [0.15, 0.2) is 21.8 Å². The Morgan fingerprint density at radius 1 is 1.42 bits per heavy atom. The van der Waals surface area contributed by atoms with E-state index in [1.807, 2.05) is 0 Å². The number of aliphatic carboxylic acids is 1. The number of fused-ring (bicyclic) bond motifs is 1. The monoisotopic (exact) mass is 581 g/mol. The van der Waals surface area contributed by atoms with Crippen LogP contribution in [0.4, 0.5) is 16.8 Å². The van der Waals surface area contributed by atoms with Crippen LogP contribution in [0.3, 0.4) is 0 Å². The summed E-state index contributed by atoms with van der Waals surface area (Å²) in [5, 5.41) is 23.7. The van der Waals surface area contributed by atoms with Crippen molar-refractivity contribution in [3.05, 3.63) is 17.1 Å². The third-order valence-electron chi connectivity index (χ3n) is 6.02. The second-order valence-corrected chi connectivity index (χ2v) is 11.5. The van der Waals surface area contributed by atoms with Gasteiger partial charge >= 0.3 is 5.16 Å². The van der Waals surface area contributed by atoms with Crippen molar-refractivity contribution in [1.29, 1.82) is 0 Å². The number of hydrogen-bond donors (Lipinski definition) is 4. The van der Waals surface area contributed by atoms with Gasteiger partial charge in [-0.1, -0.05) is 21.9 Å². The first kappa shape index (κ1) is 27.7. The van der Waals surface area contributed by atoms with Crippen molar-refractivity contribution in [2.45, 2.75) is 23.5 Å². The molecule has 0 aliphatic carbocycles. The van der Waals surface area contributed by atoms with Crippen molar-refractivity contribution in [2.75, 3.05) is 48.5 Å². The number of carbonyl (C=O) groups is 3. The first-order chi connectivity index (χ1) is 18.1. The van der Waals surface area contributed by atoms with Gasteiger partial charge in [0, 0.05) is 35.9 Å². The molecule has 2 saturated heterocycles. The average molecular weight is 582 g/mol. The summed E-state index contributed by atoms with van der Waals surface area (Å²) >= 11 is 3.63. The van der Waals surface area contributed by atoms with Crippen LogP contribution in [0.1, 0.15) is 12.6 Å². The van der Waals surface area contributed by atoms with Gasteiger partial charge in [0.05, 0.1) is 19.1 Å². The minimum Gasteiger partial charge on any atom is -0.549 e. The van der Waals surface area contributed by atoms with E-state index in [0.29, 0.717) is 16.8 Å². The van der Waals surface area contributed by atoms with Gasteiger partial charge in [0.1, 0.15) is 23.7 Å². The number of nitrogen functional groups attached to an aromatic ring is 2. The van der Waals surface area contributed by atoms with Crippen molar-refractivity contribution < 1.29 is 28.9 Å². The van der Waals surface area contributed by atoms with Gasteiger partial charge in [0.25, 0.3) is 5.91 Å². The SMILES string of the molecule is CCON=C(C(=O)NC1C(=O)N2CC(CSc3nc(N)cc(NC)[n+]3C)(C(=O)[O-])CS[C@H]12)c1csc(N)n1. The Morgan fingerprint density at radius 3 is 2.82 bits per heavy atom. The number of carbonyl (C=O) groups excluding carboxylic acids is 3. The van der Waals surface area contributed by atoms with Crippen LogP contribution in [0.5, 0.6) is 0 Å². The quantitative estimate of drug-likeness (QED) is 0.0615. The van der Waals surface area contributed by atoms with E-state index in [9.17, 15) is 19.5 Å². The topological polar surface area (TPSA) is 205 Å². The fourth-order valence-electron chi connectivity index (χ4n) is 3.97. The molecular formula is C21H27N9O5S3. The lowest BCUT2D eigenvalue weighted by Crippen LogP contribution is -2.75. The smallest absolute Gasteiger partial charge is 0.300 e. The van der Waals surface area contributed by atoms with Crippen molar-refractivity contribution >= 4 is 75.1 Å². The number of nitrogens with zero attached hydrogens (tertiary/aromatic N) is 5. The fourth-order valence-corrected chi connectivity index (χ4v) is 7.36. The summed E-state index contributed by atoms with van der Waals surface area (Å²) in [5.74, 6) is -1.01. The number of thioether (sulfide) groups is 2. The zero-order valence-corrected chi connectivity index (χ0v) is 23.2. The molecule has 0 spiro atoms. The molecule has 2 fully saturated rings. The lowest BCUT2D eigenvalue weighted by molar-refractivity contribution is -0.699. The van der Waals surface area contributed by atoms with Gasteiger partial charge in [-0.3, -0.25) is 9.59 Å². The van der Waals surface area contributed by atoms with Gasteiger partial charge in [-0.25, -0.2) is 9.55 Å². The number of carboxylic acid groups (broad SMARTS) is 1. The van der Waals surface area contributed by atoms with Crippen molar-refractivity contribution in [1.82, 2.24) is 20.2 Å². The highest BCUT2D eigenvalue weighted by molar-refractivity contribution is 8.00. The molecule has 2 aromatic rings. The molecule has 0 bridgehead atoms. The number of aromatic nitrogens is 3. The van der Waals surface area contributed by atoms with E-state index in [-0.39, 0.29) is 41.2 Å². The van der Waals surface area contributed by atoms with E-state index in [1.165, 1.54) is 28.4 Å². The average Bonchev–Trinajstić information content (AvgIpc) is 3.33. The molecule has 14 nitrogen and oxygen atoms in total.